The maximum atomic E-state index is 11.4. The molecule has 1 aliphatic carbocycles. The zero-order valence-corrected chi connectivity index (χ0v) is 11.4. The molecule has 0 aromatic carbocycles. The Bertz CT molecular complexity index is 263. The first-order chi connectivity index (χ1) is 8.54. The predicted molar refractivity (Wildman–Crippen MR) is 70.1 cm³/mol. The van der Waals surface area contributed by atoms with Crippen LogP contribution in [0.25, 0.3) is 0 Å². The van der Waals surface area contributed by atoms with Gasteiger partial charge in [-0.3, -0.25) is 4.79 Å². The van der Waals surface area contributed by atoms with Gasteiger partial charge < -0.3 is 20.9 Å². The molecule has 1 saturated carbocycles. The van der Waals surface area contributed by atoms with Crippen LogP contribution in [0.1, 0.15) is 39.0 Å². The van der Waals surface area contributed by atoms with E-state index in [1.54, 1.807) is 0 Å². The van der Waals surface area contributed by atoms with Crippen LogP contribution in [0.2, 0.25) is 0 Å². The molecule has 0 amide bonds. The number of ether oxygens (including phenoxy) is 1. The van der Waals surface area contributed by atoms with Gasteiger partial charge in [-0.05, 0) is 31.6 Å². The summed E-state index contributed by atoms with van der Waals surface area (Å²) in [5, 5.41) is 13.4. The van der Waals surface area contributed by atoms with E-state index < -0.39 is 11.6 Å². The standard InChI is InChI=1S/C13H26N2O3/c1-3-10-4-6-13(17,7-5-10)9-15-11(8-14)12(16)18-2/h10-11,15,17H,3-9,14H2,1-2H3. The molecule has 0 heterocycles. The van der Waals surface area contributed by atoms with Gasteiger partial charge in [0, 0.05) is 13.1 Å². The molecule has 0 aromatic rings. The first kappa shape index (κ1) is 15.4. The topological polar surface area (TPSA) is 84.6 Å². The third-order valence-corrected chi connectivity index (χ3v) is 4.01. The van der Waals surface area contributed by atoms with Crippen LogP contribution in [0.5, 0.6) is 0 Å². The average Bonchev–Trinajstić information content (AvgIpc) is 2.40. The number of nitrogens with two attached hydrogens (primary N) is 1. The number of nitrogens with one attached hydrogen (secondary N) is 1. The number of carbonyl (C=O) groups is 1. The fraction of sp³-hybridized carbons (Fsp3) is 0.923. The lowest BCUT2D eigenvalue weighted by molar-refractivity contribution is -0.143. The van der Waals surface area contributed by atoms with Crippen molar-refractivity contribution >= 4 is 5.97 Å². The molecule has 5 heteroatoms. The quantitative estimate of drug-likeness (QED) is 0.601. The molecule has 0 aliphatic heterocycles. The summed E-state index contributed by atoms with van der Waals surface area (Å²) in [6.07, 6.45) is 4.87. The van der Waals surface area contributed by atoms with E-state index in [4.69, 9.17) is 5.73 Å². The molecule has 0 spiro atoms. The first-order valence-corrected chi connectivity index (χ1v) is 6.78. The van der Waals surface area contributed by atoms with Gasteiger partial charge in [0.05, 0.1) is 12.7 Å². The summed E-state index contributed by atoms with van der Waals surface area (Å²) in [4.78, 5) is 11.4. The zero-order valence-electron chi connectivity index (χ0n) is 11.4. The zero-order chi connectivity index (χ0) is 13.6. The van der Waals surface area contributed by atoms with Crippen LogP contribution in [-0.4, -0.2) is 42.9 Å². The molecule has 5 nitrogen and oxygen atoms in total. The highest BCUT2D eigenvalue weighted by Gasteiger charge is 2.33. The van der Waals surface area contributed by atoms with Crippen LogP contribution in [0.4, 0.5) is 0 Å². The van der Waals surface area contributed by atoms with Crippen molar-refractivity contribution in [1.29, 1.82) is 0 Å². The van der Waals surface area contributed by atoms with Gasteiger partial charge in [-0.1, -0.05) is 13.3 Å². The van der Waals surface area contributed by atoms with E-state index in [2.05, 4.69) is 17.0 Å². The summed E-state index contributed by atoms with van der Waals surface area (Å²) in [6.45, 7) is 2.77. The van der Waals surface area contributed by atoms with Gasteiger partial charge in [-0.2, -0.15) is 0 Å². The Hall–Kier alpha value is -0.650. The SMILES string of the molecule is CCC1CCC(O)(CNC(CN)C(=O)OC)CC1. The van der Waals surface area contributed by atoms with Gasteiger partial charge in [-0.15, -0.1) is 0 Å². The van der Waals surface area contributed by atoms with E-state index in [0.29, 0.717) is 6.54 Å². The normalized spacial score (nSPS) is 29.9. The Morgan fingerprint density at radius 1 is 1.56 bits per heavy atom. The minimum Gasteiger partial charge on any atom is -0.468 e. The minimum absolute atomic E-state index is 0.181. The Kier molecular flexibility index (Phi) is 6.05. The predicted octanol–water partition coefficient (Wildman–Crippen LogP) is 0.408. The maximum Gasteiger partial charge on any atom is 0.324 e. The Morgan fingerprint density at radius 2 is 2.17 bits per heavy atom. The highest BCUT2D eigenvalue weighted by atomic mass is 16.5. The second kappa shape index (κ2) is 7.07. The van der Waals surface area contributed by atoms with Crippen molar-refractivity contribution in [2.24, 2.45) is 11.7 Å². The first-order valence-electron chi connectivity index (χ1n) is 6.78. The van der Waals surface area contributed by atoms with Crippen LogP contribution in [0, 0.1) is 5.92 Å². The van der Waals surface area contributed by atoms with E-state index in [9.17, 15) is 9.90 Å². The summed E-state index contributed by atoms with van der Waals surface area (Å²) >= 11 is 0. The molecule has 0 aromatic heterocycles. The molecule has 0 saturated heterocycles. The summed E-state index contributed by atoms with van der Waals surface area (Å²) in [5.74, 6) is 0.361. The molecule has 4 N–H and O–H groups in total. The summed E-state index contributed by atoms with van der Waals surface area (Å²) in [5.41, 5.74) is 4.81. The lowest BCUT2D eigenvalue weighted by Crippen LogP contribution is -2.51. The third kappa shape index (κ3) is 4.23. The van der Waals surface area contributed by atoms with Crippen molar-refractivity contribution in [2.75, 3.05) is 20.2 Å². The summed E-state index contributed by atoms with van der Waals surface area (Å²) in [6, 6.07) is -0.525. The van der Waals surface area contributed by atoms with Crippen molar-refractivity contribution in [1.82, 2.24) is 5.32 Å². The Morgan fingerprint density at radius 3 is 2.61 bits per heavy atom. The van der Waals surface area contributed by atoms with Crippen LogP contribution in [0.15, 0.2) is 0 Å². The maximum absolute atomic E-state index is 11.4. The van der Waals surface area contributed by atoms with E-state index in [0.717, 1.165) is 31.6 Å². The highest BCUT2D eigenvalue weighted by Crippen LogP contribution is 2.33. The Balaban J connectivity index is 2.40. The van der Waals surface area contributed by atoms with Gasteiger partial charge in [0.1, 0.15) is 6.04 Å². The molecule has 1 rings (SSSR count). The number of aliphatic hydroxyl groups is 1. The number of hydrogen-bond acceptors (Lipinski definition) is 5. The monoisotopic (exact) mass is 258 g/mol. The molecule has 106 valence electrons. The summed E-state index contributed by atoms with van der Waals surface area (Å²) in [7, 11) is 1.34. The van der Waals surface area contributed by atoms with Crippen molar-refractivity contribution < 1.29 is 14.6 Å². The average molecular weight is 258 g/mol. The van der Waals surface area contributed by atoms with E-state index in [-0.39, 0.29) is 12.5 Å². The molecular formula is C13H26N2O3. The molecule has 0 bridgehead atoms. The number of carbonyl (C=O) groups excluding carboxylic acids is 1. The van der Waals surface area contributed by atoms with Crippen LogP contribution >= 0.6 is 0 Å². The van der Waals surface area contributed by atoms with E-state index >= 15 is 0 Å². The second-order valence-electron chi connectivity index (χ2n) is 5.27. The fourth-order valence-corrected chi connectivity index (χ4v) is 2.52. The van der Waals surface area contributed by atoms with Crippen molar-refractivity contribution in [3.05, 3.63) is 0 Å². The lowest BCUT2D eigenvalue weighted by Gasteiger charge is -2.36. The van der Waals surface area contributed by atoms with Crippen LogP contribution in [0.3, 0.4) is 0 Å². The number of methoxy groups -OCH3 is 1. The van der Waals surface area contributed by atoms with Gasteiger partial charge >= 0.3 is 5.97 Å². The van der Waals surface area contributed by atoms with E-state index in [1.165, 1.54) is 13.5 Å². The molecule has 1 fully saturated rings. The van der Waals surface area contributed by atoms with Gasteiger partial charge in [0.2, 0.25) is 0 Å². The largest absolute Gasteiger partial charge is 0.468 e. The van der Waals surface area contributed by atoms with Crippen molar-refractivity contribution in [3.63, 3.8) is 0 Å². The number of rotatable bonds is 6. The molecule has 18 heavy (non-hydrogen) atoms. The van der Waals surface area contributed by atoms with Crippen LogP contribution < -0.4 is 11.1 Å². The molecule has 1 unspecified atom stereocenters. The third-order valence-electron chi connectivity index (χ3n) is 4.01. The highest BCUT2D eigenvalue weighted by molar-refractivity contribution is 5.75. The number of hydrogen-bond donors (Lipinski definition) is 3. The lowest BCUT2D eigenvalue weighted by atomic mass is 9.78. The second-order valence-corrected chi connectivity index (χ2v) is 5.27. The Labute approximate surface area is 109 Å². The van der Waals surface area contributed by atoms with E-state index in [1.807, 2.05) is 0 Å². The summed E-state index contributed by atoms with van der Waals surface area (Å²) < 4.78 is 4.65. The van der Waals surface area contributed by atoms with Crippen LogP contribution in [-0.2, 0) is 9.53 Å². The molecule has 0 radical (unpaired) electrons. The molecule has 1 aliphatic rings. The fourth-order valence-electron chi connectivity index (χ4n) is 2.52. The van der Waals surface area contributed by atoms with Gasteiger partial charge in [0.25, 0.3) is 0 Å². The van der Waals surface area contributed by atoms with Crippen molar-refractivity contribution in [2.45, 2.75) is 50.7 Å². The number of esters is 1. The molecular weight excluding hydrogens is 232 g/mol. The van der Waals surface area contributed by atoms with Crippen molar-refractivity contribution in [3.8, 4) is 0 Å². The smallest absolute Gasteiger partial charge is 0.324 e. The molecule has 1 atom stereocenters. The minimum atomic E-state index is -0.701. The van der Waals surface area contributed by atoms with Gasteiger partial charge in [0.15, 0.2) is 0 Å². The van der Waals surface area contributed by atoms with Gasteiger partial charge in [-0.25, -0.2) is 0 Å².